The lowest BCUT2D eigenvalue weighted by molar-refractivity contribution is 0.357. The van der Waals surface area contributed by atoms with Gasteiger partial charge in [-0.1, -0.05) is 13.8 Å². The first-order valence-corrected chi connectivity index (χ1v) is 8.91. The van der Waals surface area contributed by atoms with Crippen LogP contribution in [0.3, 0.4) is 0 Å². The maximum atomic E-state index is 12.4. The van der Waals surface area contributed by atoms with E-state index < -0.39 is 10.0 Å². The fraction of sp³-hybridized carbons (Fsp3) is 0.615. The molecule has 1 aliphatic rings. The maximum absolute atomic E-state index is 12.4. The first kappa shape index (κ1) is 15.7. The second-order valence-electron chi connectivity index (χ2n) is 5.59. The highest BCUT2D eigenvalue weighted by Gasteiger charge is 2.45. The molecular formula is C13H20BrN3O2S. The van der Waals surface area contributed by atoms with Gasteiger partial charge in [0, 0.05) is 24.3 Å². The normalized spacial score (nSPS) is 17.2. The van der Waals surface area contributed by atoms with E-state index in [4.69, 9.17) is 0 Å². The number of aromatic nitrogens is 1. The fourth-order valence-corrected chi connectivity index (χ4v) is 4.06. The van der Waals surface area contributed by atoms with E-state index in [0.29, 0.717) is 22.8 Å². The van der Waals surface area contributed by atoms with Crippen molar-refractivity contribution in [1.29, 1.82) is 0 Å². The number of rotatable bonds is 6. The lowest BCUT2D eigenvalue weighted by Gasteiger charge is -2.20. The van der Waals surface area contributed by atoms with Gasteiger partial charge in [-0.25, -0.2) is 18.1 Å². The lowest BCUT2D eigenvalue weighted by atomic mass is 9.93. The monoisotopic (exact) mass is 361 g/mol. The zero-order chi connectivity index (χ0) is 15.0. The van der Waals surface area contributed by atoms with Gasteiger partial charge < -0.3 is 5.32 Å². The van der Waals surface area contributed by atoms with Crippen LogP contribution in [-0.2, 0) is 10.0 Å². The Morgan fingerprint density at radius 3 is 2.60 bits per heavy atom. The molecule has 2 N–H and O–H groups in total. The molecule has 0 atom stereocenters. The van der Waals surface area contributed by atoms with Crippen LogP contribution in [0.2, 0.25) is 0 Å². The quantitative estimate of drug-likeness (QED) is 0.816. The number of nitrogens with zero attached hydrogens (tertiary/aromatic N) is 1. The van der Waals surface area contributed by atoms with E-state index in [-0.39, 0.29) is 10.3 Å². The predicted molar refractivity (Wildman–Crippen MR) is 83.2 cm³/mol. The molecule has 2 rings (SSSR count). The van der Waals surface area contributed by atoms with Gasteiger partial charge in [0.1, 0.15) is 10.7 Å². The fourth-order valence-electron chi connectivity index (χ4n) is 2.25. The van der Waals surface area contributed by atoms with Gasteiger partial charge in [0.2, 0.25) is 10.0 Å². The van der Waals surface area contributed by atoms with Crippen LogP contribution in [0, 0.1) is 11.3 Å². The minimum atomic E-state index is -3.56. The highest BCUT2D eigenvalue weighted by Crippen LogP contribution is 2.51. The zero-order valence-electron chi connectivity index (χ0n) is 11.9. The van der Waals surface area contributed by atoms with E-state index in [0.717, 1.165) is 12.8 Å². The summed E-state index contributed by atoms with van der Waals surface area (Å²) in [4.78, 5) is 4.26. The molecule has 1 aliphatic carbocycles. The van der Waals surface area contributed by atoms with Crippen molar-refractivity contribution >= 4 is 31.8 Å². The topological polar surface area (TPSA) is 71.1 Å². The molecule has 20 heavy (non-hydrogen) atoms. The van der Waals surface area contributed by atoms with Gasteiger partial charge in [-0.15, -0.1) is 0 Å². The molecule has 0 amide bonds. The average molecular weight is 362 g/mol. The molecule has 1 aromatic heterocycles. The third-order valence-electron chi connectivity index (χ3n) is 4.08. The highest BCUT2D eigenvalue weighted by atomic mass is 79.9. The van der Waals surface area contributed by atoms with Crippen molar-refractivity contribution in [2.24, 2.45) is 11.3 Å². The summed E-state index contributed by atoms with van der Waals surface area (Å²) >= 11 is 3.26. The third kappa shape index (κ3) is 3.15. The van der Waals surface area contributed by atoms with Crippen LogP contribution < -0.4 is 10.0 Å². The van der Waals surface area contributed by atoms with Crippen LogP contribution in [0.5, 0.6) is 0 Å². The SMILES string of the molecule is CNc1ncc(Br)cc1S(=O)(=O)NCC1(C(C)C)CC1. The molecule has 0 aromatic carbocycles. The van der Waals surface area contributed by atoms with E-state index in [1.165, 1.54) is 0 Å². The van der Waals surface area contributed by atoms with Crippen molar-refractivity contribution in [3.05, 3.63) is 16.7 Å². The van der Waals surface area contributed by atoms with Crippen molar-refractivity contribution in [2.75, 3.05) is 18.9 Å². The molecule has 0 saturated heterocycles. The molecule has 0 spiro atoms. The summed E-state index contributed by atoms with van der Waals surface area (Å²) in [6, 6.07) is 1.57. The van der Waals surface area contributed by atoms with Gasteiger partial charge in [-0.3, -0.25) is 0 Å². The van der Waals surface area contributed by atoms with Crippen LogP contribution in [0.15, 0.2) is 21.6 Å². The second kappa shape index (κ2) is 5.61. The molecule has 1 heterocycles. The zero-order valence-corrected chi connectivity index (χ0v) is 14.3. The van der Waals surface area contributed by atoms with Crippen molar-refractivity contribution in [3.63, 3.8) is 0 Å². The Morgan fingerprint density at radius 1 is 1.45 bits per heavy atom. The van der Waals surface area contributed by atoms with Gasteiger partial charge >= 0.3 is 0 Å². The van der Waals surface area contributed by atoms with Gasteiger partial charge in [0.25, 0.3) is 0 Å². The Labute approximate surface area is 128 Å². The van der Waals surface area contributed by atoms with Crippen LogP contribution >= 0.6 is 15.9 Å². The minimum Gasteiger partial charge on any atom is -0.372 e. The predicted octanol–water partition coefficient (Wildman–Crippen LogP) is 2.60. The molecule has 1 fully saturated rings. The van der Waals surface area contributed by atoms with Gasteiger partial charge in [0.05, 0.1) is 0 Å². The second-order valence-corrected chi connectivity index (χ2v) is 8.24. The Balaban J connectivity index is 2.21. The van der Waals surface area contributed by atoms with Crippen LogP contribution in [0.4, 0.5) is 5.82 Å². The molecule has 0 bridgehead atoms. The minimum absolute atomic E-state index is 0.131. The Kier molecular flexibility index (Phi) is 4.41. The van der Waals surface area contributed by atoms with Crippen LogP contribution in [0.25, 0.3) is 0 Å². The van der Waals surface area contributed by atoms with Gasteiger partial charge in [-0.2, -0.15) is 0 Å². The van der Waals surface area contributed by atoms with Crippen molar-refractivity contribution in [2.45, 2.75) is 31.6 Å². The van der Waals surface area contributed by atoms with Gasteiger partial charge in [0.15, 0.2) is 0 Å². The smallest absolute Gasteiger partial charge is 0.244 e. The standard InChI is InChI=1S/C13H20BrN3O2S/c1-9(2)13(4-5-13)8-17-20(18,19)11-6-10(14)7-16-12(11)15-3/h6-7,9,17H,4-5,8H2,1-3H3,(H,15,16). The molecule has 0 unspecified atom stereocenters. The van der Waals surface area contributed by atoms with Crippen molar-refractivity contribution in [1.82, 2.24) is 9.71 Å². The Morgan fingerprint density at radius 2 is 2.10 bits per heavy atom. The number of halogens is 1. The van der Waals surface area contributed by atoms with Crippen molar-refractivity contribution < 1.29 is 8.42 Å². The summed E-state index contributed by atoms with van der Waals surface area (Å²) in [5.74, 6) is 0.838. The number of sulfonamides is 1. The maximum Gasteiger partial charge on any atom is 0.244 e. The Hall–Kier alpha value is -0.660. The molecule has 1 saturated carbocycles. The summed E-state index contributed by atoms with van der Waals surface area (Å²) in [6.07, 6.45) is 3.74. The molecule has 0 aliphatic heterocycles. The van der Waals surface area contributed by atoms with E-state index in [9.17, 15) is 8.42 Å². The first-order valence-electron chi connectivity index (χ1n) is 6.64. The number of hydrogen-bond donors (Lipinski definition) is 2. The summed E-state index contributed by atoms with van der Waals surface area (Å²) in [6.45, 7) is 4.77. The summed E-state index contributed by atoms with van der Waals surface area (Å²) in [7, 11) is -1.90. The highest BCUT2D eigenvalue weighted by molar-refractivity contribution is 9.10. The van der Waals surface area contributed by atoms with Crippen LogP contribution in [0.1, 0.15) is 26.7 Å². The molecule has 1 aromatic rings. The lowest BCUT2D eigenvalue weighted by Crippen LogP contribution is -2.33. The molecule has 0 radical (unpaired) electrons. The molecule has 5 nitrogen and oxygen atoms in total. The van der Waals surface area contributed by atoms with Crippen molar-refractivity contribution in [3.8, 4) is 0 Å². The average Bonchev–Trinajstić information content (AvgIpc) is 3.18. The number of nitrogens with one attached hydrogen (secondary N) is 2. The van der Waals surface area contributed by atoms with Crippen LogP contribution in [-0.4, -0.2) is 27.0 Å². The van der Waals surface area contributed by atoms with E-state index in [2.05, 4.69) is 44.8 Å². The number of hydrogen-bond acceptors (Lipinski definition) is 4. The molecule has 7 heteroatoms. The molecular weight excluding hydrogens is 342 g/mol. The van der Waals surface area contributed by atoms with Gasteiger partial charge in [-0.05, 0) is 46.2 Å². The molecule has 112 valence electrons. The summed E-state index contributed by atoms with van der Waals surface area (Å²) in [5.41, 5.74) is 0.131. The summed E-state index contributed by atoms with van der Waals surface area (Å²) in [5, 5.41) is 2.81. The third-order valence-corrected chi connectivity index (χ3v) is 5.93. The number of anilines is 1. The van der Waals surface area contributed by atoms with E-state index >= 15 is 0 Å². The first-order chi connectivity index (χ1) is 9.31. The summed E-state index contributed by atoms with van der Waals surface area (Å²) < 4.78 is 28.3. The largest absolute Gasteiger partial charge is 0.372 e. The van der Waals surface area contributed by atoms with E-state index in [1.54, 1.807) is 19.3 Å². The Bertz CT molecular complexity index is 598. The van der Waals surface area contributed by atoms with E-state index in [1.807, 2.05) is 0 Å². The number of pyridine rings is 1.